The van der Waals surface area contributed by atoms with E-state index in [0.717, 1.165) is 11.1 Å². The van der Waals surface area contributed by atoms with Gasteiger partial charge in [0.1, 0.15) is 5.69 Å². The zero-order valence-corrected chi connectivity index (χ0v) is 18.3. The molecule has 1 saturated heterocycles. The number of hydrogen-bond acceptors (Lipinski definition) is 5. The molecule has 32 heavy (non-hydrogen) atoms. The predicted molar refractivity (Wildman–Crippen MR) is 118 cm³/mol. The van der Waals surface area contributed by atoms with Gasteiger partial charge in [0.05, 0.1) is 19.3 Å². The van der Waals surface area contributed by atoms with Crippen molar-refractivity contribution in [1.82, 2.24) is 20.5 Å². The molecule has 0 radical (unpaired) electrons. The van der Waals surface area contributed by atoms with Crippen LogP contribution in [0.3, 0.4) is 0 Å². The molecule has 0 spiro atoms. The van der Waals surface area contributed by atoms with E-state index in [1.165, 1.54) is 18.0 Å². The van der Waals surface area contributed by atoms with Crippen molar-refractivity contribution < 1.29 is 24.2 Å². The van der Waals surface area contributed by atoms with Gasteiger partial charge < -0.3 is 25.4 Å². The van der Waals surface area contributed by atoms with Crippen LogP contribution in [0, 0.1) is 6.92 Å². The molecular weight excluding hydrogens is 412 g/mol. The third-order valence-corrected chi connectivity index (χ3v) is 5.23. The van der Waals surface area contributed by atoms with Crippen LogP contribution >= 0.6 is 0 Å². The Hall–Kier alpha value is -3.46. The molecule has 3 N–H and O–H groups in total. The predicted octanol–water partition coefficient (Wildman–Crippen LogP) is 1.84. The van der Waals surface area contributed by atoms with Crippen molar-refractivity contribution in [1.29, 1.82) is 0 Å². The number of nitrogens with zero attached hydrogens (tertiary/aromatic N) is 2. The Morgan fingerprint density at radius 2 is 2.03 bits per heavy atom. The number of nitrogens with one attached hydrogen (secondary N) is 2. The van der Waals surface area contributed by atoms with Gasteiger partial charge in [-0.2, -0.15) is 0 Å². The first-order valence-electron chi connectivity index (χ1n) is 10.5. The summed E-state index contributed by atoms with van der Waals surface area (Å²) < 4.78 is 5.59. The minimum Gasteiger partial charge on any atom is -0.465 e. The van der Waals surface area contributed by atoms with Crippen LogP contribution in [0.5, 0.6) is 0 Å². The lowest BCUT2D eigenvalue weighted by Crippen LogP contribution is -2.46. The summed E-state index contributed by atoms with van der Waals surface area (Å²) in [5.74, 6) is -0.691. The summed E-state index contributed by atoms with van der Waals surface area (Å²) in [6, 6.07) is 11.1. The second-order valence-electron chi connectivity index (χ2n) is 7.74. The first-order valence-corrected chi connectivity index (χ1v) is 10.5. The zero-order valence-electron chi connectivity index (χ0n) is 18.3. The van der Waals surface area contributed by atoms with Gasteiger partial charge in [-0.05, 0) is 31.0 Å². The van der Waals surface area contributed by atoms with E-state index in [0.29, 0.717) is 43.8 Å². The summed E-state index contributed by atoms with van der Waals surface area (Å²) in [5.41, 5.74) is 3.30. The Morgan fingerprint density at radius 3 is 2.75 bits per heavy atom. The highest BCUT2D eigenvalue weighted by Crippen LogP contribution is 2.14. The fraction of sp³-hybridized carbons (Fsp3) is 0.391. The van der Waals surface area contributed by atoms with Gasteiger partial charge >= 0.3 is 6.09 Å². The van der Waals surface area contributed by atoms with Crippen LogP contribution in [0.15, 0.2) is 36.4 Å². The van der Waals surface area contributed by atoms with Crippen LogP contribution in [0.4, 0.5) is 4.79 Å². The molecule has 1 atom stereocenters. The third kappa shape index (κ3) is 6.27. The Labute approximate surface area is 186 Å². The number of pyridine rings is 1. The second-order valence-corrected chi connectivity index (χ2v) is 7.74. The average Bonchev–Trinajstić information content (AvgIpc) is 2.78. The smallest absolute Gasteiger partial charge is 0.407 e. The van der Waals surface area contributed by atoms with E-state index < -0.39 is 6.09 Å². The van der Waals surface area contributed by atoms with E-state index in [-0.39, 0.29) is 30.2 Å². The van der Waals surface area contributed by atoms with Crippen LogP contribution in [0.25, 0.3) is 0 Å². The number of hydrogen-bond donors (Lipinski definition) is 3. The number of carbonyl (C=O) groups is 3. The van der Waals surface area contributed by atoms with Gasteiger partial charge in [-0.1, -0.05) is 29.8 Å². The number of carbonyl (C=O) groups excluding carboxylic acids is 2. The highest BCUT2D eigenvalue weighted by atomic mass is 16.5. The first-order chi connectivity index (χ1) is 15.4. The van der Waals surface area contributed by atoms with Crippen LogP contribution in [0.1, 0.15) is 44.1 Å². The molecule has 2 heterocycles. The fourth-order valence-electron chi connectivity index (χ4n) is 3.60. The van der Waals surface area contributed by atoms with E-state index in [9.17, 15) is 14.4 Å². The number of benzene rings is 1. The minimum absolute atomic E-state index is 0.176. The first kappa shape index (κ1) is 23.2. The van der Waals surface area contributed by atoms with Crippen molar-refractivity contribution >= 4 is 17.9 Å². The summed E-state index contributed by atoms with van der Waals surface area (Å²) in [6.07, 6.45) is -0.259. The van der Waals surface area contributed by atoms with E-state index in [4.69, 9.17) is 9.84 Å². The molecule has 3 rings (SSSR count). The molecule has 9 heteroatoms. The summed E-state index contributed by atoms with van der Waals surface area (Å²) in [4.78, 5) is 41.8. The number of rotatable bonds is 7. The molecule has 0 saturated carbocycles. The minimum atomic E-state index is -0.970. The van der Waals surface area contributed by atoms with Gasteiger partial charge in [-0.25, -0.2) is 9.78 Å². The van der Waals surface area contributed by atoms with Crippen LogP contribution in [-0.2, 0) is 11.2 Å². The Balaban J connectivity index is 1.67. The van der Waals surface area contributed by atoms with Crippen molar-refractivity contribution in [2.45, 2.75) is 25.9 Å². The summed E-state index contributed by atoms with van der Waals surface area (Å²) in [7, 11) is 1.52. The number of carboxylic acid groups (broad SMARTS) is 1. The third-order valence-electron chi connectivity index (χ3n) is 5.23. The largest absolute Gasteiger partial charge is 0.465 e. The number of amides is 3. The van der Waals surface area contributed by atoms with Crippen LogP contribution in [-0.4, -0.2) is 72.3 Å². The average molecular weight is 441 g/mol. The maximum atomic E-state index is 12.8. The molecule has 2 aromatic rings. The van der Waals surface area contributed by atoms with E-state index in [2.05, 4.69) is 15.6 Å². The Morgan fingerprint density at radius 1 is 1.22 bits per heavy atom. The number of morpholine rings is 1. The molecule has 0 bridgehead atoms. The van der Waals surface area contributed by atoms with Crippen molar-refractivity contribution in [2.75, 3.05) is 33.3 Å². The fourth-order valence-corrected chi connectivity index (χ4v) is 3.60. The van der Waals surface area contributed by atoms with Crippen LogP contribution in [0.2, 0.25) is 0 Å². The molecule has 1 aromatic carbocycles. The highest BCUT2D eigenvalue weighted by molar-refractivity contribution is 5.98. The van der Waals surface area contributed by atoms with Gasteiger partial charge in [-0.3, -0.25) is 9.59 Å². The van der Waals surface area contributed by atoms with Crippen molar-refractivity contribution in [3.63, 3.8) is 0 Å². The molecular formula is C23H28N4O5. The quantitative estimate of drug-likeness (QED) is 0.604. The second kappa shape index (κ2) is 10.7. The van der Waals surface area contributed by atoms with Crippen molar-refractivity contribution in [3.05, 3.63) is 64.5 Å². The number of ether oxygens (including phenoxy) is 1. The Bertz CT molecular complexity index is 994. The summed E-state index contributed by atoms with van der Waals surface area (Å²) >= 11 is 0. The molecule has 0 aliphatic carbocycles. The molecule has 1 aliphatic rings. The van der Waals surface area contributed by atoms with Gasteiger partial charge in [0, 0.05) is 37.8 Å². The van der Waals surface area contributed by atoms with E-state index in [1.807, 2.05) is 31.2 Å². The molecule has 9 nitrogen and oxygen atoms in total. The lowest BCUT2D eigenvalue weighted by molar-refractivity contribution is -0.0247. The molecule has 1 fully saturated rings. The number of aromatic nitrogens is 1. The van der Waals surface area contributed by atoms with Gasteiger partial charge in [0.15, 0.2) is 0 Å². The van der Waals surface area contributed by atoms with E-state index in [1.54, 1.807) is 6.07 Å². The normalized spacial score (nSPS) is 15.8. The topological polar surface area (TPSA) is 121 Å². The van der Waals surface area contributed by atoms with Gasteiger partial charge in [-0.15, -0.1) is 0 Å². The lowest BCUT2D eigenvalue weighted by Gasteiger charge is -2.31. The summed E-state index contributed by atoms with van der Waals surface area (Å²) in [6.45, 7) is 3.29. The van der Waals surface area contributed by atoms with Gasteiger partial charge in [0.2, 0.25) is 0 Å². The SMILES string of the molecule is CNC(=O)c1cc(C(=O)NCCC2CN(C(=O)O)CCO2)cc(Cc2cccc(C)c2)n1. The standard InChI is InChI=1S/C23H28N4O5/c1-15-4-3-5-16(10-15)11-18-12-17(13-20(26-18)22(29)24-2)21(28)25-7-6-19-14-27(23(30)31)8-9-32-19/h3-5,10,12-13,19H,6-9,11,14H2,1-2H3,(H,24,29)(H,25,28)(H,30,31). The maximum Gasteiger partial charge on any atom is 0.407 e. The molecule has 3 amide bonds. The molecule has 1 aromatic heterocycles. The van der Waals surface area contributed by atoms with Crippen LogP contribution < -0.4 is 10.6 Å². The van der Waals surface area contributed by atoms with Crippen molar-refractivity contribution in [3.8, 4) is 0 Å². The zero-order chi connectivity index (χ0) is 23.1. The highest BCUT2D eigenvalue weighted by Gasteiger charge is 2.23. The van der Waals surface area contributed by atoms with Crippen molar-refractivity contribution in [2.24, 2.45) is 0 Å². The summed E-state index contributed by atoms with van der Waals surface area (Å²) in [5, 5.41) is 14.5. The van der Waals surface area contributed by atoms with Gasteiger partial charge in [0.25, 0.3) is 11.8 Å². The Kier molecular flexibility index (Phi) is 7.77. The van der Waals surface area contributed by atoms with E-state index >= 15 is 0 Å². The lowest BCUT2D eigenvalue weighted by atomic mass is 10.0. The molecule has 1 aliphatic heterocycles. The molecule has 170 valence electrons. The monoisotopic (exact) mass is 440 g/mol. The maximum absolute atomic E-state index is 12.8. The molecule has 1 unspecified atom stereocenters. The number of aryl methyl sites for hydroxylation is 1.